The van der Waals surface area contributed by atoms with Crippen molar-refractivity contribution >= 4 is 0 Å². The van der Waals surface area contributed by atoms with Gasteiger partial charge >= 0.3 is 0 Å². The molecule has 1 nitrogen and oxygen atoms in total. The van der Waals surface area contributed by atoms with Crippen LogP contribution in [-0.2, 0) is 0 Å². The van der Waals surface area contributed by atoms with Crippen LogP contribution in [0.4, 0.5) is 0 Å². The summed E-state index contributed by atoms with van der Waals surface area (Å²) in [7, 11) is 0. The first-order valence-electron chi connectivity index (χ1n) is 7.49. The zero-order valence-electron chi connectivity index (χ0n) is 12.1. The van der Waals surface area contributed by atoms with E-state index in [0.29, 0.717) is 11.5 Å². The molecule has 0 heterocycles. The second-order valence-electron chi connectivity index (χ2n) is 6.00. The monoisotopic (exact) mass is 245 g/mol. The van der Waals surface area contributed by atoms with E-state index < -0.39 is 0 Å². The van der Waals surface area contributed by atoms with Gasteiger partial charge in [0.1, 0.15) is 0 Å². The predicted octanol–water partition coefficient (Wildman–Crippen LogP) is 4.62. The molecule has 0 radical (unpaired) electrons. The van der Waals surface area contributed by atoms with Gasteiger partial charge in [-0.1, -0.05) is 50.1 Å². The first-order valence-corrected chi connectivity index (χ1v) is 7.49. The maximum absolute atomic E-state index is 3.79. The van der Waals surface area contributed by atoms with Gasteiger partial charge in [-0.05, 0) is 43.6 Å². The molecule has 0 spiro atoms. The molecule has 1 heteroatoms. The molecular formula is C17H27N. The minimum atomic E-state index is 0.528. The molecule has 1 saturated carbocycles. The number of rotatable bonds is 7. The minimum absolute atomic E-state index is 0.528. The smallest absolute Gasteiger partial charge is 0.0317 e. The maximum atomic E-state index is 3.79. The van der Waals surface area contributed by atoms with Crippen molar-refractivity contribution in [2.24, 2.45) is 5.41 Å². The quantitative estimate of drug-likeness (QED) is 0.739. The van der Waals surface area contributed by atoms with Gasteiger partial charge in [0.25, 0.3) is 0 Å². The molecule has 1 atom stereocenters. The summed E-state index contributed by atoms with van der Waals surface area (Å²) in [6, 6.07) is 9.52. The lowest BCUT2D eigenvalue weighted by molar-refractivity contribution is 0.384. The van der Waals surface area contributed by atoms with Gasteiger partial charge in [0, 0.05) is 12.6 Å². The Balaban J connectivity index is 1.91. The second-order valence-corrected chi connectivity index (χ2v) is 6.00. The lowest BCUT2D eigenvalue weighted by Crippen LogP contribution is -2.28. The number of benzene rings is 1. The first-order chi connectivity index (χ1) is 8.69. The van der Waals surface area contributed by atoms with Crippen LogP contribution >= 0.6 is 0 Å². The summed E-state index contributed by atoms with van der Waals surface area (Å²) in [4.78, 5) is 0. The Morgan fingerprint density at radius 1 is 1.17 bits per heavy atom. The van der Waals surface area contributed by atoms with E-state index >= 15 is 0 Å². The van der Waals surface area contributed by atoms with Gasteiger partial charge in [-0.2, -0.15) is 0 Å². The van der Waals surface area contributed by atoms with Crippen LogP contribution in [0.1, 0.15) is 63.1 Å². The molecule has 100 valence electrons. The van der Waals surface area contributed by atoms with Crippen molar-refractivity contribution in [3.05, 3.63) is 35.4 Å². The lowest BCUT2D eigenvalue weighted by atomic mass is 9.98. The summed E-state index contributed by atoms with van der Waals surface area (Å²) < 4.78 is 0. The van der Waals surface area contributed by atoms with Crippen molar-refractivity contribution in [1.82, 2.24) is 5.32 Å². The van der Waals surface area contributed by atoms with Gasteiger partial charge in [0.05, 0.1) is 0 Å². The molecule has 1 aromatic carbocycles. The molecule has 1 aliphatic rings. The Kier molecular flexibility index (Phi) is 4.45. The fraction of sp³-hybridized carbons (Fsp3) is 0.647. The van der Waals surface area contributed by atoms with Crippen LogP contribution in [0.25, 0.3) is 0 Å². The van der Waals surface area contributed by atoms with E-state index in [9.17, 15) is 0 Å². The van der Waals surface area contributed by atoms with Gasteiger partial charge < -0.3 is 5.32 Å². The topological polar surface area (TPSA) is 12.0 Å². The van der Waals surface area contributed by atoms with E-state index in [2.05, 4.69) is 50.4 Å². The fourth-order valence-corrected chi connectivity index (χ4v) is 2.86. The maximum Gasteiger partial charge on any atom is 0.0317 e. The minimum Gasteiger partial charge on any atom is -0.309 e. The number of hydrogen-bond acceptors (Lipinski definition) is 1. The van der Waals surface area contributed by atoms with Crippen LogP contribution in [-0.4, -0.2) is 6.54 Å². The van der Waals surface area contributed by atoms with Gasteiger partial charge in [-0.3, -0.25) is 0 Å². The lowest BCUT2D eigenvalue weighted by Gasteiger charge is -2.22. The van der Waals surface area contributed by atoms with Crippen molar-refractivity contribution in [3.63, 3.8) is 0 Å². The highest BCUT2D eigenvalue weighted by Crippen LogP contribution is 2.49. The van der Waals surface area contributed by atoms with Gasteiger partial charge in [0.2, 0.25) is 0 Å². The molecule has 1 N–H and O–H groups in total. The summed E-state index contributed by atoms with van der Waals surface area (Å²) in [5.41, 5.74) is 3.43. The zero-order valence-corrected chi connectivity index (χ0v) is 12.1. The van der Waals surface area contributed by atoms with Gasteiger partial charge in [-0.15, -0.1) is 0 Å². The van der Waals surface area contributed by atoms with Crippen LogP contribution in [0, 0.1) is 12.3 Å². The highest BCUT2D eigenvalue weighted by molar-refractivity contribution is 5.24. The molecule has 1 fully saturated rings. The Labute approximate surface area is 112 Å². The van der Waals surface area contributed by atoms with Crippen molar-refractivity contribution in [3.8, 4) is 0 Å². The van der Waals surface area contributed by atoms with E-state index in [0.717, 1.165) is 0 Å². The normalized spacial score (nSPS) is 18.6. The fourth-order valence-electron chi connectivity index (χ4n) is 2.86. The molecule has 0 amide bonds. The summed E-state index contributed by atoms with van der Waals surface area (Å²) in [5, 5.41) is 3.79. The molecule has 0 aromatic heterocycles. The molecule has 0 saturated heterocycles. The highest BCUT2D eigenvalue weighted by Gasteiger charge is 2.41. The SMILES string of the molecule is CCCC1(CNC(CC)c2ccc(C)cc2)CC1. The Hall–Kier alpha value is -0.820. The van der Waals surface area contributed by atoms with E-state index in [1.807, 2.05) is 0 Å². The van der Waals surface area contributed by atoms with Crippen molar-refractivity contribution in [2.45, 2.75) is 58.9 Å². The molecule has 18 heavy (non-hydrogen) atoms. The summed E-state index contributed by atoms with van der Waals surface area (Å²) >= 11 is 0. The highest BCUT2D eigenvalue weighted by atomic mass is 14.9. The Morgan fingerprint density at radius 2 is 1.83 bits per heavy atom. The number of nitrogens with one attached hydrogen (secondary N) is 1. The Morgan fingerprint density at radius 3 is 2.33 bits per heavy atom. The van der Waals surface area contributed by atoms with Gasteiger partial charge in [-0.25, -0.2) is 0 Å². The average Bonchev–Trinajstić information content (AvgIpc) is 3.13. The molecule has 1 aromatic rings. The van der Waals surface area contributed by atoms with E-state index in [1.165, 1.54) is 49.8 Å². The van der Waals surface area contributed by atoms with Crippen LogP contribution in [0.2, 0.25) is 0 Å². The number of hydrogen-bond donors (Lipinski definition) is 1. The number of aryl methyl sites for hydroxylation is 1. The second kappa shape index (κ2) is 5.88. The van der Waals surface area contributed by atoms with E-state index in [-0.39, 0.29) is 0 Å². The van der Waals surface area contributed by atoms with Crippen LogP contribution in [0.3, 0.4) is 0 Å². The molecule has 1 aliphatic carbocycles. The van der Waals surface area contributed by atoms with Crippen molar-refractivity contribution < 1.29 is 0 Å². The van der Waals surface area contributed by atoms with Crippen molar-refractivity contribution in [2.75, 3.05) is 6.54 Å². The third-order valence-electron chi connectivity index (χ3n) is 4.35. The molecular weight excluding hydrogens is 218 g/mol. The first kappa shape index (κ1) is 13.6. The van der Waals surface area contributed by atoms with Gasteiger partial charge in [0.15, 0.2) is 0 Å². The third kappa shape index (κ3) is 3.35. The molecule has 0 bridgehead atoms. The van der Waals surface area contributed by atoms with Crippen molar-refractivity contribution in [1.29, 1.82) is 0 Å². The molecule has 0 aliphatic heterocycles. The summed E-state index contributed by atoms with van der Waals surface area (Å²) in [6.45, 7) is 7.93. The van der Waals surface area contributed by atoms with Crippen LogP contribution in [0.15, 0.2) is 24.3 Å². The zero-order chi connectivity index (χ0) is 13.0. The summed E-state index contributed by atoms with van der Waals surface area (Å²) in [6.07, 6.45) is 6.74. The Bertz CT molecular complexity index is 362. The van der Waals surface area contributed by atoms with E-state index in [1.54, 1.807) is 0 Å². The predicted molar refractivity (Wildman–Crippen MR) is 78.8 cm³/mol. The molecule has 2 rings (SSSR count). The van der Waals surface area contributed by atoms with Crippen LogP contribution < -0.4 is 5.32 Å². The summed E-state index contributed by atoms with van der Waals surface area (Å²) in [5.74, 6) is 0. The average molecular weight is 245 g/mol. The standard InChI is InChI=1S/C17H27N/c1-4-10-17(11-12-17)13-18-16(5-2)15-8-6-14(3)7-9-15/h6-9,16,18H,4-5,10-13H2,1-3H3. The largest absolute Gasteiger partial charge is 0.309 e. The third-order valence-corrected chi connectivity index (χ3v) is 4.35. The molecule has 1 unspecified atom stereocenters. The van der Waals surface area contributed by atoms with Crippen LogP contribution in [0.5, 0.6) is 0 Å². The van der Waals surface area contributed by atoms with E-state index in [4.69, 9.17) is 0 Å².